The summed E-state index contributed by atoms with van der Waals surface area (Å²) in [6, 6.07) is 9.65. The predicted molar refractivity (Wildman–Crippen MR) is 70.3 cm³/mol. The number of rotatable bonds is 4. The van der Waals surface area contributed by atoms with Crippen LogP contribution in [0.15, 0.2) is 30.3 Å². The van der Waals surface area contributed by atoms with Crippen molar-refractivity contribution >= 4 is 17.5 Å². The van der Waals surface area contributed by atoms with Crippen molar-refractivity contribution in [3.63, 3.8) is 0 Å². The van der Waals surface area contributed by atoms with Gasteiger partial charge in [-0.1, -0.05) is 30.3 Å². The molecule has 1 aromatic carbocycles. The quantitative estimate of drug-likeness (QED) is 0.771. The van der Waals surface area contributed by atoms with E-state index in [-0.39, 0.29) is 23.9 Å². The molecule has 1 aromatic rings. The summed E-state index contributed by atoms with van der Waals surface area (Å²) in [5, 5.41) is 0. The zero-order chi connectivity index (χ0) is 13.8. The van der Waals surface area contributed by atoms with E-state index < -0.39 is 5.92 Å². The Hall–Kier alpha value is -1.97. The van der Waals surface area contributed by atoms with E-state index in [0.717, 1.165) is 5.56 Å². The molecule has 1 heterocycles. The van der Waals surface area contributed by atoms with Crippen LogP contribution in [0, 0.1) is 5.92 Å². The number of carbonyl (C=O) groups excluding carboxylic acids is 3. The zero-order valence-electron chi connectivity index (χ0n) is 11.0. The molecule has 0 unspecified atom stereocenters. The second kappa shape index (κ2) is 5.78. The van der Waals surface area contributed by atoms with Gasteiger partial charge in [0.25, 0.3) is 0 Å². The number of piperidine rings is 1. The lowest BCUT2D eigenvalue weighted by atomic mass is 9.90. The third-order valence-corrected chi connectivity index (χ3v) is 3.33. The van der Waals surface area contributed by atoms with Crippen molar-refractivity contribution in [3.05, 3.63) is 35.9 Å². The van der Waals surface area contributed by atoms with Gasteiger partial charge in [0.2, 0.25) is 5.91 Å². The lowest BCUT2D eigenvalue weighted by Gasteiger charge is -2.31. The van der Waals surface area contributed by atoms with Crippen molar-refractivity contribution in [2.75, 3.05) is 6.54 Å². The summed E-state index contributed by atoms with van der Waals surface area (Å²) in [4.78, 5) is 36.8. The summed E-state index contributed by atoms with van der Waals surface area (Å²) in [5.74, 6) is -1.21. The molecule has 0 radical (unpaired) electrons. The largest absolute Gasteiger partial charge is 0.337 e. The fraction of sp³-hybridized carbons (Fsp3) is 0.400. The monoisotopic (exact) mass is 259 g/mol. The van der Waals surface area contributed by atoms with Crippen LogP contribution >= 0.6 is 0 Å². The van der Waals surface area contributed by atoms with E-state index in [1.807, 2.05) is 30.3 Å². The van der Waals surface area contributed by atoms with Gasteiger partial charge < -0.3 is 4.90 Å². The normalized spacial score (nSPS) is 19.6. The summed E-state index contributed by atoms with van der Waals surface area (Å²) in [5.41, 5.74) is 1.03. The van der Waals surface area contributed by atoms with Gasteiger partial charge in [-0.2, -0.15) is 0 Å². The van der Waals surface area contributed by atoms with Gasteiger partial charge in [0.1, 0.15) is 17.5 Å². The smallest absolute Gasteiger partial charge is 0.233 e. The Kier molecular flexibility index (Phi) is 4.10. The lowest BCUT2D eigenvalue weighted by Crippen LogP contribution is -2.46. The first-order chi connectivity index (χ1) is 9.08. The Bertz CT molecular complexity index is 495. The Morgan fingerprint density at radius 1 is 1.26 bits per heavy atom. The Morgan fingerprint density at radius 3 is 2.58 bits per heavy atom. The molecule has 2 rings (SSSR count). The number of ketones is 2. The van der Waals surface area contributed by atoms with Crippen molar-refractivity contribution in [3.8, 4) is 0 Å². The van der Waals surface area contributed by atoms with Gasteiger partial charge in [-0.05, 0) is 12.5 Å². The van der Waals surface area contributed by atoms with E-state index in [4.69, 9.17) is 0 Å². The molecule has 1 fully saturated rings. The molecule has 1 saturated heterocycles. The van der Waals surface area contributed by atoms with Crippen LogP contribution in [0.3, 0.4) is 0 Å². The van der Waals surface area contributed by atoms with Gasteiger partial charge in [0.15, 0.2) is 0 Å². The minimum atomic E-state index is -0.769. The van der Waals surface area contributed by atoms with E-state index >= 15 is 0 Å². The Balaban J connectivity index is 2.08. The summed E-state index contributed by atoms with van der Waals surface area (Å²) in [6.07, 6.45) is 0.374. The van der Waals surface area contributed by atoms with Crippen molar-refractivity contribution < 1.29 is 14.4 Å². The van der Waals surface area contributed by atoms with E-state index in [1.54, 1.807) is 4.90 Å². The van der Waals surface area contributed by atoms with Gasteiger partial charge in [0.05, 0.1) is 0 Å². The van der Waals surface area contributed by atoms with Crippen LogP contribution in [0.4, 0.5) is 0 Å². The van der Waals surface area contributed by atoms with Crippen LogP contribution in [-0.4, -0.2) is 28.9 Å². The maximum atomic E-state index is 12.2. The number of carbonyl (C=O) groups is 3. The number of hydrogen-bond acceptors (Lipinski definition) is 3. The molecular weight excluding hydrogens is 242 g/mol. The highest BCUT2D eigenvalue weighted by Crippen LogP contribution is 2.20. The first-order valence-electron chi connectivity index (χ1n) is 6.43. The van der Waals surface area contributed by atoms with Crippen molar-refractivity contribution in [1.29, 1.82) is 0 Å². The van der Waals surface area contributed by atoms with E-state index in [0.29, 0.717) is 19.5 Å². The molecule has 1 aliphatic rings. The third kappa shape index (κ3) is 3.28. The maximum absolute atomic E-state index is 12.2. The molecular formula is C15H17NO3. The van der Waals surface area contributed by atoms with Gasteiger partial charge in [-0.25, -0.2) is 0 Å². The fourth-order valence-electron chi connectivity index (χ4n) is 2.34. The molecule has 0 spiro atoms. The SMILES string of the molecule is CC(=O)C[C@@H]1C(=O)CCN(Cc2ccccc2)C1=O. The second-order valence-corrected chi connectivity index (χ2v) is 4.92. The molecule has 0 aliphatic carbocycles. The topological polar surface area (TPSA) is 54.5 Å². The molecule has 19 heavy (non-hydrogen) atoms. The first kappa shape index (κ1) is 13.5. The molecule has 0 N–H and O–H groups in total. The van der Waals surface area contributed by atoms with Crippen molar-refractivity contribution in [2.24, 2.45) is 5.92 Å². The van der Waals surface area contributed by atoms with Gasteiger partial charge in [-0.15, -0.1) is 0 Å². The zero-order valence-corrected chi connectivity index (χ0v) is 11.0. The standard InChI is InChI=1S/C15H17NO3/c1-11(17)9-13-14(18)7-8-16(15(13)19)10-12-5-3-2-4-6-12/h2-6,13H,7-10H2,1H3/t13-/m1/s1. The van der Waals surface area contributed by atoms with Gasteiger partial charge in [-0.3, -0.25) is 14.4 Å². The fourth-order valence-corrected chi connectivity index (χ4v) is 2.34. The molecule has 1 amide bonds. The van der Waals surface area contributed by atoms with Gasteiger partial charge >= 0.3 is 0 Å². The molecule has 0 saturated carbocycles. The highest BCUT2D eigenvalue weighted by Gasteiger charge is 2.35. The number of nitrogens with zero attached hydrogens (tertiary/aromatic N) is 1. The molecule has 1 atom stereocenters. The van der Waals surface area contributed by atoms with Crippen LogP contribution < -0.4 is 0 Å². The van der Waals surface area contributed by atoms with Crippen LogP contribution in [0.25, 0.3) is 0 Å². The van der Waals surface area contributed by atoms with Gasteiger partial charge in [0, 0.05) is 25.9 Å². The molecule has 4 heteroatoms. The van der Waals surface area contributed by atoms with Crippen LogP contribution in [0.2, 0.25) is 0 Å². The average Bonchev–Trinajstić information content (AvgIpc) is 2.39. The predicted octanol–water partition coefficient (Wildman–Crippen LogP) is 1.58. The molecule has 4 nitrogen and oxygen atoms in total. The first-order valence-corrected chi connectivity index (χ1v) is 6.43. The summed E-state index contributed by atoms with van der Waals surface area (Å²) in [7, 11) is 0. The number of amides is 1. The number of Topliss-reactive ketones (excluding diaryl/α,β-unsaturated/α-hetero) is 2. The van der Waals surface area contributed by atoms with Crippen LogP contribution in [-0.2, 0) is 20.9 Å². The number of benzene rings is 1. The van der Waals surface area contributed by atoms with Crippen LogP contribution in [0.1, 0.15) is 25.3 Å². The maximum Gasteiger partial charge on any atom is 0.233 e. The highest BCUT2D eigenvalue weighted by molar-refractivity contribution is 6.06. The Labute approximate surface area is 112 Å². The Morgan fingerprint density at radius 2 is 1.95 bits per heavy atom. The van der Waals surface area contributed by atoms with E-state index in [9.17, 15) is 14.4 Å². The minimum Gasteiger partial charge on any atom is -0.337 e. The molecule has 0 bridgehead atoms. The van der Waals surface area contributed by atoms with Crippen LogP contribution in [0.5, 0.6) is 0 Å². The second-order valence-electron chi connectivity index (χ2n) is 4.92. The number of likely N-dealkylation sites (tertiary alicyclic amines) is 1. The molecule has 0 aromatic heterocycles. The summed E-state index contributed by atoms with van der Waals surface area (Å²) >= 11 is 0. The van der Waals surface area contributed by atoms with E-state index in [2.05, 4.69) is 0 Å². The summed E-state index contributed by atoms with van der Waals surface area (Å²) in [6.45, 7) is 2.36. The van der Waals surface area contributed by atoms with Crippen molar-refractivity contribution in [2.45, 2.75) is 26.3 Å². The van der Waals surface area contributed by atoms with Crippen molar-refractivity contribution in [1.82, 2.24) is 4.90 Å². The van der Waals surface area contributed by atoms with E-state index in [1.165, 1.54) is 6.92 Å². The minimum absolute atomic E-state index is 0.0307. The lowest BCUT2D eigenvalue weighted by molar-refractivity contribution is -0.148. The molecule has 100 valence electrons. The summed E-state index contributed by atoms with van der Waals surface area (Å²) < 4.78 is 0. The highest BCUT2D eigenvalue weighted by atomic mass is 16.2. The number of hydrogen-bond donors (Lipinski definition) is 0. The third-order valence-electron chi connectivity index (χ3n) is 3.33. The molecule has 1 aliphatic heterocycles. The average molecular weight is 259 g/mol.